The number of H-pyrrole nitrogens is 2. The summed E-state index contributed by atoms with van der Waals surface area (Å²) in [6, 6.07) is 13.4. The van der Waals surface area contributed by atoms with Crippen molar-refractivity contribution in [1.82, 2.24) is 14.9 Å². The summed E-state index contributed by atoms with van der Waals surface area (Å²) < 4.78 is 0.256. The molecule has 5 nitrogen and oxygen atoms in total. The summed E-state index contributed by atoms with van der Waals surface area (Å²) in [6.07, 6.45) is 1.95. The SMILES string of the molecule is Cc1ccccc1[C@@H]1CCCN1C(=O)c1ccc2c(=O)[nH]c(=S)[nH]c2c1. The molecule has 1 saturated heterocycles. The van der Waals surface area contributed by atoms with Gasteiger partial charge in [0.25, 0.3) is 11.5 Å². The fourth-order valence-electron chi connectivity index (χ4n) is 3.76. The van der Waals surface area contributed by atoms with Crippen LogP contribution in [0.2, 0.25) is 0 Å². The fourth-order valence-corrected chi connectivity index (χ4v) is 3.96. The van der Waals surface area contributed by atoms with Gasteiger partial charge in [-0.15, -0.1) is 0 Å². The van der Waals surface area contributed by atoms with E-state index in [2.05, 4.69) is 29.0 Å². The van der Waals surface area contributed by atoms with E-state index in [1.807, 2.05) is 17.0 Å². The molecule has 0 unspecified atom stereocenters. The third-order valence-corrected chi connectivity index (χ3v) is 5.25. The minimum absolute atomic E-state index is 0.0164. The Morgan fingerprint density at radius 1 is 1.19 bits per heavy atom. The monoisotopic (exact) mass is 365 g/mol. The van der Waals surface area contributed by atoms with Crippen LogP contribution in [0, 0.1) is 11.7 Å². The van der Waals surface area contributed by atoms with E-state index in [0.717, 1.165) is 19.4 Å². The zero-order chi connectivity index (χ0) is 18.3. The highest BCUT2D eigenvalue weighted by molar-refractivity contribution is 7.71. The molecule has 4 rings (SSSR count). The first-order valence-corrected chi connectivity index (χ1v) is 9.08. The summed E-state index contributed by atoms with van der Waals surface area (Å²) in [4.78, 5) is 32.6. The van der Waals surface area contributed by atoms with Gasteiger partial charge in [0.05, 0.1) is 16.9 Å². The van der Waals surface area contributed by atoms with Crippen LogP contribution < -0.4 is 5.56 Å². The summed E-state index contributed by atoms with van der Waals surface area (Å²) in [7, 11) is 0. The molecule has 3 aromatic rings. The molecular weight excluding hydrogens is 346 g/mol. The van der Waals surface area contributed by atoms with Crippen LogP contribution in [0.4, 0.5) is 0 Å². The van der Waals surface area contributed by atoms with Gasteiger partial charge >= 0.3 is 0 Å². The number of carbonyl (C=O) groups excluding carboxylic acids is 1. The Hall–Kier alpha value is -2.73. The molecule has 2 aromatic carbocycles. The molecule has 1 aliphatic heterocycles. The van der Waals surface area contributed by atoms with E-state index in [4.69, 9.17) is 12.2 Å². The molecular formula is C20H19N3O2S. The Labute approximate surface area is 155 Å². The van der Waals surface area contributed by atoms with E-state index in [1.165, 1.54) is 11.1 Å². The first-order valence-electron chi connectivity index (χ1n) is 8.67. The highest BCUT2D eigenvalue weighted by Gasteiger charge is 2.31. The molecule has 0 aliphatic carbocycles. The van der Waals surface area contributed by atoms with Crippen LogP contribution in [0.15, 0.2) is 47.3 Å². The first kappa shape index (κ1) is 16.7. The van der Waals surface area contributed by atoms with Gasteiger partial charge in [-0.05, 0) is 61.3 Å². The third-order valence-electron chi connectivity index (χ3n) is 5.05. The standard InChI is InChI=1S/C20H19N3O2S/c1-12-5-2-3-6-14(12)17-7-4-10-23(17)19(25)13-8-9-15-16(11-13)21-20(26)22-18(15)24/h2-3,5-6,8-9,11,17H,4,7,10H2,1H3,(H2,21,22,24,26)/t17-/m0/s1. The molecule has 2 heterocycles. The summed E-state index contributed by atoms with van der Waals surface area (Å²) in [6.45, 7) is 2.82. The maximum Gasteiger partial charge on any atom is 0.259 e. The summed E-state index contributed by atoms with van der Waals surface area (Å²) >= 11 is 5.03. The van der Waals surface area contributed by atoms with E-state index in [1.54, 1.807) is 18.2 Å². The molecule has 0 bridgehead atoms. The van der Waals surface area contributed by atoms with Gasteiger partial charge in [-0.1, -0.05) is 24.3 Å². The predicted octanol–water partition coefficient (Wildman–Crippen LogP) is 3.87. The van der Waals surface area contributed by atoms with Gasteiger partial charge in [-0.3, -0.25) is 14.6 Å². The maximum absolute atomic E-state index is 13.2. The summed E-state index contributed by atoms with van der Waals surface area (Å²) in [5.41, 5.74) is 3.30. The van der Waals surface area contributed by atoms with E-state index >= 15 is 0 Å². The van der Waals surface area contributed by atoms with Gasteiger partial charge in [-0.2, -0.15) is 0 Å². The third kappa shape index (κ3) is 2.86. The minimum atomic E-state index is -0.248. The zero-order valence-corrected chi connectivity index (χ0v) is 15.2. The Kier molecular flexibility index (Phi) is 4.20. The number of hydrogen-bond acceptors (Lipinski definition) is 3. The number of benzene rings is 2. The topological polar surface area (TPSA) is 69.0 Å². The molecule has 1 aromatic heterocycles. The largest absolute Gasteiger partial charge is 0.332 e. The van der Waals surface area contributed by atoms with Crippen molar-refractivity contribution in [2.75, 3.05) is 6.54 Å². The number of fused-ring (bicyclic) bond motifs is 1. The average Bonchev–Trinajstić information content (AvgIpc) is 3.10. The highest BCUT2D eigenvalue weighted by atomic mass is 32.1. The van der Waals surface area contributed by atoms with Gasteiger partial charge in [0.1, 0.15) is 0 Å². The van der Waals surface area contributed by atoms with E-state index in [0.29, 0.717) is 16.5 Å². The number of hydrogen-bond donors (Lipinski definition) is 2. The van der Waals surface area contributed by atoms with E-state index in [-0.39, 0.29) is 22.3 Å². The number of nitrogens with zero attached hydrogens (tertiary/aromatic N) is 1. The molecule has 0 radical (unpaired) electrons. The van der Waals surface area contributed by atoms with Gasteiger partial charge < -0.3 is 9.88 Å². The van der Waals surface area contributed by atoms with Crippen LogP contribution in [0.25, 0.3) is 10.9 Å². The Morgan fingerprint density at radius 3 is 2.81 bits per heavy atom. The summed E-state index contributed by atoms with van der Waals surface area (Å²) in [5, 5.41) is 0.493. The van der Waals surface area contributed by atoms with Crippen molar-refractivity contribution in [2.24, 2.45) is 0 Å². The number of aryl methyl sites for hydroxylation is 1. The van der Waals surface area contributed by atoms with E-state index in [9.17, 15) is 9.59 Å². The lowest BCUT2D eigenvalue weighted by Gasteiger charge is -2.26. The van der Waals surface area contributed by atoms with Crippen molar-refractivity contribution in [3.8, 4) is 0 Å². The molecule has 1 fully saturated rings. The van der Waals surface area contributed by atoms with Gasteiger partial charge in [0, 0.05) is 12.1 Å². The highest BCUT2D eigenvalue weighted by Crippen LogP contribution is 2.34. The van der Waals surface area contributed by atoms with Crippen LogP contribution in [-0.2, 0) is 0 Å². The number of nitrogens with one attached hydrogen (secondary N) is 2. The van der Waals surface area contributed by atoms with Crippen molar-refractivity contribution < 1.29 is 4.79 Å². The molecule has 0 spiro atoms. The maximum atomic E-state index is 13.2. The quantitative estimate of drug-likeness (QED) is 0.677. The molecule has 26 heavy (non-hydrogen) atoms. The number of likely N-dealkylation sites (tertiary alicyclic amines) is 1. The average molecular weight is 365 g/mol. The Morgan fingerprint density at radius 2 is 2.00 bits per heavy atom. The first-order chi connectivity index (χ1) is 12.5. The lowest BCUT2D eigenvalue weighted by molar-refractivity contribution is 0.0735. The second-order valence-electron chi connectivity index (χ2n) is 6.68. The van der Waals surface area contributed by atoms with Crippen molar-refractivity contribution in [3.05, 3.63) is 74.3 Å². The predicted molar refractivity (Wildman–Crippen MR) is 104 cm³/mol. The molecule has 1 aliphatic rings. The zero-order valence-electron chi connectivity index (χ0n) is 14.4. The Bertz CT molecular complexity index is 1120. The van der Waals surface area contributed by atoms with Gasteiger partial charge in [-0.25, -0.2) is 0 Å². The second kappa shape index (κ2) is 6.53. The normalized spacial score (nSPS) is 17.0. The molecule has 2 N–H and O–H groups in total. The number of aromatic nitrogens is 2. The number of amides is 1. The number of carbonyl (C=O) groups is 1. The van der Waals surface area contributed by atoms with Crippen LogP contribution in [0.3, 0.4) is 0 Å². The van der Waals surface area contributed by atoms with Crippen molar-refractivity contribution in [3.63, 3.8) is 0 Å². The van der Waals surface area contributed by atoms with Crippen molar-refractivity contribution in [1.29, 1.82) is 0 Å². The lowest BCUT2D eigenvalue weighted by atomic mass is 9.99. The van der Waals surface area contributed by atoms with Gasteiger partial charge in [0.2, 0.25) is 0 Å². The lowest BCUT2D eigenvalue weighted by Crippen LogP contribution is -2.31. The van der Waals surface area contributed by atoms with Crippen molar-refractivity contribution in [2.45, 2.75) is 25.8 Å². The minimum Gasteiger partial charge on any atom is -0.332 e. The van der Waals surface area contributed by atoms with Crippen LogP contribution in [-0.4, -0.2) is 27.3 Å². The van der Waals surface area contributed by atoms with Crippen LogP contribution in [0.5, 0.6) is 0 Å². The molecule has 6 heteroatoms. The smallest absolute Gasteiger partial charge is 0.259 e. The van der Waals surface area contributed by atoms with Gasteiger partial charge in [0.15, 0.2) is 4.77 Å². The summed E-state index contributed by atoms with van der Waals surface area (Å²) in [5.74, 6) is -0.0164. The molecule has 0 saturated carbocycles. The Balaban J connectivity index is 1.73. The second-order valence-corrected chi connectivity index (χ2v) is 7.09. The number of rotatable bonds is 2. The van der Waals surface area contributed by atoms with E-state index < -0.39 is 0 Å². The number of aromatic amines is 2. The van der Waals surface area contributed by atoms with Crippen molar-refractivity contribution >= 4 is 29.0 Å². The molecule has 1 atom stereocenters. The van der Waals surface area contributed by atoms with Crippen LogP contribution in [0.1, 0.15) is 40.4 Å². The molecule has 132 valence electrons. The molecule has 1 amide bonds. The van der Waals surface area contributed by atoms with Crippen LogP contribution >= 0.6 is 12.2 Å². The fraction of sp³-hybridized carbons (Fsp3) is 0.250.